The van der Waals surface area contributed by atoms with Crippen LogP contribution in [-0.4, -0.2) is 47.7 Å². The van der Waals surface area contributed by atoms with Crippen LogP contribution in [0.25, 0.3) is 11.0 Å². The fourth-order valence-corrected chi connectivity index (χ4v) is 4.93. The van der Waals surface area contributed by atoms with Gasteiger partial charge in [-0.2, -0.15) is 0 Å². The second kappa shape index (κ2) is 8.22. The Morgan fingerprint density at radius 1 is 1.03 bits per heavy atom. The van der Waals surface area contributed by atoms with E-state index in [0.717, 1.165) is 48.2 Å². The number of nitrogens with zero attached hydrogens (tertiary/aromatic N) is 3. The molecule has 1 aromatic heterocycles. The number of benzene rings is 2. The molecule has 1 fully saturated rings. The van der Waals surface area contributed by atoms with Crippen molar-refractivity contribution in [2.45, 2.75) is 32.2 Å². The Labute approximate surface area is 187 Å². The van der Waals surface area contributed by atoms with Crippen LogP contribution in [0.1, 0.15) is 37.8 Å². The first-order valence-electron chi connectivity index (χ1n) is 11.1. The summed E-state index contributed by atoms with van der Waals surface area (Å²) in [5, 5.41) is 3.40. The van der Waals surface area contributed by atoms with Gasteiger partial charge in [0.1, 0.15) is 0 Å². The van der Waals surface area contributed by atoms with Crippen molar-refractivity contribution in [3.63, 3.8) is 0 Å². The normalized spacial score (nSPS) is 18.3. The quantitative estimate of drug-likeness (QED) is 0.664. The number of allylic oxidation sites excluding steroid dienone is 1. The molecule has 1 amide bonds. The van der Waals surface area contributed by atoms with Crippen molar-refractivity contribution >= 4 is 22.9 Å². The Kier molecular flexibility index (Phi) is 5.25. The van der Waals surface area contributed by atoms with E-state index < -0.39 is 6.04 Å². The minimum absolute atomic E-state index is 0.0630. The van der Waals surface area contributed by atoms with E-state index in [1.807, 2.05) is 54.3 Å². The summed E-state index contributed by atoms with van der Waals surface area (Å²) >= 11 is 0. The number of para-hydroxylation sites is 3. The van der Waals surface area contributed by atoms with Crippen molar-refractivity contribution in [1.82, 2.24) is 14.5 Å². The van der Waals surface area contributed by atoms with E-state index in [0.29, 0.717) is 23.0 Å². The van der Waals surface area contributed by atoms with E-state index in [2.05, 4.69) is 9.88 Å². The van der Waals surface area contributed by atoms with Crippen LogP contribution in [0.2, 0.25) is 0 Å². The highest BCUT2D eigenvalue weighted by atomic mass is 16.5. The monoisotopic (exact) mass is 432 g/mol. The lowest BCUT2D eigenvalue weighted by atomic mass is 9.92. The highest BCUT2D eigenvalue weighted by molar-refractivity contribution is 5.98. The number of carbonyl (C=O) groups excluding carboxylic acids is 1. The molecule has 0 bridgehead atoms. The highest BCUT2D eigenvalue weighted by Gasteiger charge is 2.38. The molecule has 7 heteroatoms. The summed E-state index contributed by atoms with van der Waals surface area (Å²) in [5.74, 6) is 2.04. The molecular weight excluding hydrogens is 404 g/mol. The van der Waals surface area contributed by atoms with Crippen molar-refractivity contribution < 1.29 is 14.3 Å². The lowest BCUT2D eigenvalue weighted by molar-refractivity contribution is -0.128. The van der Waals surface area contributed by atoms with Crippen molar-refractivity contribution in [2.24, 2.45) is 0 Å². The van der Waals surface area contributed by atoms with Gasteiger partial charge in [0, 0.05) is 24.4 Å². The first-order valence-corrected chi connectivity index (χ1v) is 11.1. The molecule has 0 radical (unpaired) electrons. The molecular formula is C25H28N4O3. The summed E-state index contributed by atoms with van der Waals surface area (Å²) in [6.45, 7) is 3.53. The summed E-state index contributed by atoms with van der Waals surface area (Å²) in [6, 6.07) is 13.4. The standard InChI is InChI=1S/C25H28N4O3/c1-16-21(24(30)28-14-7-4-8-15-28)22(17-10-9-13-20(31-2)23(17)32-3)29-19-12-6-5-11-18(19)27-25(29)26-16/h5-6,9-13,22H,4,7-8,14-15H2,1-3H3,(H,26,27). The number of anilines is 1. The number of hydrogen-bond donors (Lipinski definition) is 1. The van der Waals surface area contributed by atoms with Crippen LogP contribution in [0.5, 0.6) is 11.5 Å². The summed E-state index contributed by atoms with van der Waals surface area (Å²) < 4.78 is 13.5. The number of methoxy groups -OCH3 is 2. The zero-order chi connectivity index (χ0) is 22.2. The van der Waals surface area contributed by atoms with Crippen LogP contribution in [0.4, 0.5) is 5.95 Å². The average molecular weight is 433 g/mol. The van der Waals surface area contributed by atoms with Crippen LogP contribution in [0.15, 0.2) is 53.7 Å². The number of piperidine rings is 1. The molecule has 3 aromatic rings. The van der Waals surface area contributed by atoms with E-state index in [-0.39, 0.29) is 5.91 Å². The van der Waals surface area contributed by atoms with Crippen LogP contribution >= 0.6 is 0 Å². The zero-order valence-corrected chi connectivity index (χ0v) is 18.7. The van der Waals surface area contributed by atoms with Gasteiger partial charge in [0.15, 0.2) is 11.5 Å². The zero-order valence-electron chi connectivity index (χ0n) is 18.7. The first kappa shape index (κ1) is 20.4. The maximum atomic E-state index is 13.9. The van der Waals surface area contributed by atoms with Gasteiger partial charge >= 0.3 is 0 Å². The lowest BCUT2D eigenvalue weighted by Gasteiger charge is -2.35. The number of fused-ring (bicyclic) bond motifs is 3. The fraction of sp³-hybridized carbons (Fsp3) is 0.360. The molecule has 1 unspecified atom stereocenters. The van der Waals surface area contributed by atoms with Gasteiger partial charge in [-0.1, -0.05) is 24.3 Å². The number of nitrogens with one attached hydrogen (secondary N) is 1. The summed E-state index contributed by atoms with van der Waals surface area (Å²) in [6.07, 6.45) is 3.25. The number of likely N-dealkylation sites (tertiary alicyclic amines) is 1. The van der Waals surface area contributed by atoms with Crippen molar-refractivity contribution in [3.8, 4) is 11.5 Å². The molecule has 2 aromatic carbocycles. The molecule has 5 rings (SSSR count). The fourth-order valence-electron chi connectivity index (χ4n) is 4.93. The first-order chi connectivity index (χ1) is 15.6. The molecule has 3 heterocycles. The Hall–Kier alpha value is -3.48. The largest absolute Gasteiger partial charge is 0.493 e. The second-order valence-corrected chi connectivity index (χ2v) is 8.30. The number of aromatic nitrogens is 2. The number of amides is 1. The number of hydrogen-bond acceptors (Lipinski definition) is 5. The summed E-state index contributed by atoms with van der Waals surface area (Å²) in [4.78, 5) is 20.7. The molecule has 166 valence electrons. The molecule has 0 spiro atoms. The maximum Gasteiger partial charge on any atom is 0.254 e. The summed E-state index contributed by atoms with van der Waals surface area (Å²) in [5.41, 5.74) is 4.24. The maximum absolute atomic E-state index is 13.9. The van der Waals surface area contributed by atoms with Gasteiger partial charge in [0.05, 0.1) is 36.9 Å². The SMILES string of the molecule is COc1cccc(C2C(C(=O)N3CCCCC3)=C(C)Nc3nc4ccccc4n32)c1OC. The Bertz CT molecular complexity index is 1210. The minimum Gasteiger partial charge on any atom is -0.493 e. The van der Waals surface area contributed by atoms with Crippen molar-refractivity contribution in [3.05, 3.63) is 59.3 Å². The Morgan fingerprint density at radius 2 is 1.81 bits per heavy atom. The van der Waals surface area contributed by atoms with Crippen LogP contribution in [0.3, 0.4) is 0 Å². The van der Waals surface area contributed by atoms with E-state index >= 15 is 0 Å². The van der Waals surface area contributed by atoms with Crippen molar-refractivity contribution in [1.29, 1.82) is 0 Å². The van der Waals surface area contributed by atoms with Crippen LogP contribution in [0, 0.1) is 0 Å². The molecule has 0 aliphatic carbocycles. The molecule has 2 aliphatic heterocycles. The topological polar surface area (TPSA) is 68.6 Å². The van der Waals surface area contributed by atoms with Crippen LogP contribution in [-0.2, 0) is 4.79 Å². The highest BCUT2D eigenvalue weighted by Crippen LogP contribution is 2.45. The molecule has 1 atom stereocenters. The van der Waals surface area contributed by atoms with E-state index in [1.165, 1.54) is 6.42 Å². The van der Waals surface area contributed by atoms with E-state index in [1.54, 1.807) is 14.2 Å². The van der Waals surface area contributed by atoms with Gasteiger partial charge in [-0.25, -0.2) is 4.98 Å². The van der Waals surface area contributed by atoms with Gasteiger partial charge in [0.25, 0.3) is 5.91 Å². The molecule has 32 heavy (non-hydrogen) atoms. The Morgan fingerprint density at radius 3 is 2.56 bits per heavy atom. The average Bonchev–Trinajstić information content (AvgIpc) is 3.20. The number of imidazole rings is 1. The smallest absolute Gasteiger partial charge is 0.254 e. The predicted octanol–water partition coefficient (Wildman–Crippen LogP) is 4.35. The third-order valence-corrected chi connectivity index (χ3v) is 6.43. The third kappa shape index (κ3) is 3.20. The van der Waals surface area contributed by atoms with Gasteiger partial charge < -0.3 is 19.7 Å². The number of carbonyl (C=O) groups is 1. The van der Waals surface area contributed by atoms with Crippen LogP contribution < -0.4 is 14.8 Å². The molecule has 2 aliphatic rings. The summed E-state index contributed by atoms with van der Waals surface area (Å²) in [7, 11) is 3.26. The van der Waals surface area contributed by atoms with E-state index in [4.69, 9.17) is 14.5 Å². The van der Waals surface area contributed by atoms with Crippen molar-refractivity contribution in [2.75, 3.05) is 32.6 Å². The van der Waals surface area contributed by atoms with Gasteiger partial charge in [-0.15, -0.1) is 0 Å². The van der Waals surface area contributed by atoms with E-state index in [9.17, 15) is 4.79 Å². The lowest BCUT2D eigenvalue weighted by Crippen LogP contribution is -2.40. The number of ether oxygens (including phenoxy) is 2. The van der Waals surface area contributed by atoms with Gasteiger partial charge in [-0.05, 0) is 44.4 Å². The minimum atomic E-state index is -0.391. The third-order valence-electron chi connectivity index (χ3n) is 6.43. The second-order valence-electron chi connectivity index (χ2n) is 8.30. The van der Waals surface area contributed by atoms with Gasteiger partial charge in [-0.3, -0.25) is 9.36 Å². The Balaban J connectivity index is 1.75. The molecule has 0 saturated carbocycles. The van der Waals surface area contributed by atoms with Gasteiger partial charge in [0.2, 0.25) is 5.95 Å². The molecule has 1 N–H and O–H groups in total. The predicted molar refractivity (Wildman–Crippen MR) is 124 cm³/mol. The number of rotatable bonds is 4. The molecule has 7 nitrogen and oxygen atoms in total. The molecule has 1 saturated heterocycles.